The average Bonchev–Trinajstić information content (AvgIpc) is 3.94. The molecular formula is C67H55N3O2. The molecule has 12 aromatic rings. The molecule has 0 spiro atoms. The Balaban J connectivity index is 0.903. The van der Waals surface area contributed by atoms with Gasteiger partial charge in [-0.05, 0) is 198 Å². The lowest BCUT2D eigenvalue weighted by atomic mass is 10.0. The normalized spacial score (nSPS) is 11.5. The maximum absolute atomic E-state index is 6.57. The molecule has 72 heavy (non-hydrogen) atoms. The third-order valence-electron chi connectivity index (χ3n) is 14.2. The van der Waals surface area contributed by atoms with Gasteiger partial charge in [-0.15, -0.1) is 0 Å². The summed E-state index contributed by atoms with van der Waals surface area (Å²) in [5, 5.41) is 4.37. The van der Waals surface area contributed by atoms with Crippen LogP contribution in [0.3, 0.4) is 0 Å². The number of hydrogen-bond donors (Lipinski definition) is 0. The van der Waals surface area contributed by atoms with E-state index in [2.05, 4.69) is 269 Å². The monoisotopic (exact) mass is 933 g/mol. The molecule has 0 saturated carbocycles. The first kappa shape index (κ1) is 44.4. The van der Waals surface area contributed by atoms with Gasteiger partial charge in [-0.2, -0.15) is 0 Å². The van der Waals surface area contributed by atoms with E-state index in [1.54, 1.807) is 0 Å². The number of anilines is 9. The minimum atomic E-state index is 0.852. The van der Waals surface area contributed by atoms with Crippen molar-refractivity contribution in [2.24, 2.45) is 0 Å². The number of hydrogen-bond acceptors (Lipinski definition) is 5. The minimum absolute atomic E-state index is 0.852. The van der Waals surface area contributed by atoms with Gasteiger partial charge < -0.3 is 23.5 Å². The first-order valence-electron chi connectivity index (χ1n) is 24.8. The molecule has 0 bridgehead atoms. The molecule has 0 amide bonds. The molecule has 2 aromatic heterocycles. The molecule has 0 aliphatic carbocycles. The maximum Gasteiger partial charge on any atom is 0.135 e. The van der Waals surface area contributed by atoms with Crippen molar-refractivity contribution in [3.8, 4) is 11.1 Å². The Kier molecular flexibility index (Phi) is 11.0. The predicted octanol–water partition coefficient (Wildman–Crippen LogP) is 19.7. The molecule has 350 valence electrons. The van der Waals surface area contributed by atoms with Crippen molar-refractivity contribution in [2.75, 3.05) is 14.7 Å². The highest BCUT2D eigenvalue weighted by molar-refractivity contribution is 6.09. The second-order valence-corrected chi connectivity index (χ2v) is 19.6. The summed E-state index contributed by atoms with van der Waals surface area (Å²) in [5.74, 6) is 0. The molecular weight excluding hydrogens is 879 g/mol. The Morgan fingerprint density at radius 2 is 0.514 bits per heavy atom. The number of benzene rings is 10. The van der Waals surface area contributed by atoms with E-state index in [4.69, 9.17) is 8.83 Å². The molecule has 0 N–H and O–H groups in total. The lowest BCUT2D eigenvalue weighted by molar-refractivity contribution is 0.668. The zero-order valence-electron chi connectivity index (χ0n) is 41.8. The fourth-order valence-electron chi connectivity index (χ4n) is 10.5. The first-order valence-corrected chi connectivity index (χ1v) is 24.8. The molecule has 5 heteroatoms. The van der Waals surface area contributed by atoms with Crippen LogP contribution in [0.5, 0.6) is 0 Å². The standard InChI is InChI=1S/C67H55N3O2/c1-42-8-19-51(20-9-42)68(55-27-33-65-59(39-55)58-38-46(5)14-32-64(58)71-65)53-23-15-49(16-24-53)50-17-25-54(26-18-50)69(52-21-10-43(2)11-22-52)56-28-34-66-60(40-56)61-41-57(29-35-67(61)72-66)70(62-30-12-44(3)36-47(62)6)63-31-13-45(4)37-48(63)7/h8-41H,1-7H3. The van der Waals surface area contributed by atoms with Gasteiger partial charge in [0.05, 0.1) is 0 Å². The number of furan rings is 2. The van der Waals surface area contributed by atoms with Crippen LogP contribution in [-0.2, 0) is 0 Å². The summed E-state index contributed by atoms with van der Waals surface area (Å²) in [5.41, 5.74) is 24.2. The van der Waals surface area contributed by atoms with Crippen LogP contribution in [0.2, 0.25) is 0 Å². The number of aryl methyl sites for hydroxylation is 7. The Bertz CT molecular complexity index is 3940. The lowest BCUT2D eigenvalue weighted by Crippen LogP contribution is -2.13. The van der Waals surface area contributed by atoms with Gasteiger partial charge in [0.1, 0.15) is 22.3 Å². The molecule has 0 fully saturated rings. The van der Waals surface area contributed by atoms with Gasteiger partial charge >= 0.3 is 0 Å². The van der Waals surface area contributed by atoms with E-state index in [9.17, 15) is 0 Å². The molecule has 0 radical (unpaired) electrons. The van der Waals surface area contributed by atoms with E-state index in [0.29, 0.717) is 0 Å². The summed E-state index contributed by atoms with van der Waals surface area (Å²) in [4.78, 5) is 7.06. The largest absolute Gasteiger partial charge is 0.456 e. The number of fused-ring (bicyclic) bond motifs is 6. The average molecular weight is 934 g/mol. The van der Waals surface area contributed by atoms with Gasteiger partial charge in [0.15, 0.2) is 0 Å². The second-order valence-electron chi connectivity index (χ2n) is 19.6. The molecule has 2 heterocycles. The topological polar surface area (TPSA) is 36.0 Å². The first-order chi connectivity index (χ1) is 35.0. The van der Waals surface area contributed by atoms with E-state index >= 15 is 0 Å². The minimum Gasteiger partial charge on any atom is -0.456 e. The van der Waals surface area contributed by atoms with E-state index in [-0.39, 0.29) is 0 Å². The molecule has 0 aliphatic rings. The Labute approximate surface area is 421 Å². The summed E-state index contributed by atoms with van der Waals surface area (Å²) in [6.45, 7) is 15.1. The number of nitrogens with zero attached hydrogens (tertiary/aromatic N) is 3. The van der Waals surface area contributed by atoms with Gasteiger partial charge in [0.2, 0.25) is 0 Å². The van der Waals surface area contributed by atoms with E-state index in [1.807, 2.05) is 0 Å². The van der Waals surface area contributed by atoms with Crippen LogP contribution in [0.25, 0.3) is 55.0 Å². The van der Waals surface area contributed by atoms with Gasteiger partial charge in [-0.1, -0.05) is 107 Å². The summed E-state index contributed by atoms with van der Waals surface area (Å²) in [6.07, 6.45) is 0. The van der Waals surface area contributed by atoms with Gasteiger partial charge in [0, 0.05) is 72.7 Å². The highest BCUT2D eigenvalue weighted by Crippen LogP contribution is 2.45. The van der Waals surface area contributed by atoms with Crippen LogP contribution >= 0.6 is 0 Å². The molecule has 0 aliphatic heterocycles. The van der Waals surface area contributed by atoms with Crippen molar-refractivity contribution >= 4 is 95.1 Å². The molecule has 0 saturated heterocycles. The zero-order chi connectivity index (χ0) is 49.2. The predicted molar refractivity (Wildman–Crippen MR) is 304 cm³/mol. The number of rotatable bonds is 10. The van der Waals surface area contributed by atoms with Crippen LogP contribution in [0, 0.1) is 48.5 Å². The third kappa shape index (κ3) is 8.13. The molecule has 0 atom stereocenters. The van der Waals surface area contributed by atoms with Crippen LogP contribution in [0.1, 0.15) is 38.9 Å². The van der Waals surface area contributed by atoms with E-state index < -0.39 is 0 Å². The lowest BCUT2D eigenvalue weighted by Gasteiger charge is -2.29. The van der Waals surface area contributed by atoms with E-state index in [1.165, 1.54) is 38.9 Å². The summed E-state index contributed by atoms with van der Waals surface area (Å²) in [7, 11) is 0. The third-order valence-corrected chi connectivity index (χ3v) is 14.2. The van der Waals surface area contributed by atoms with E-state index in [0.717, 1.165) is 106 Å². The van der Waals surface area contributed by atoms with Crippen molar-refractivity contribution in [2.45, 2.75) is 48.5 Å². The highest BCUT2D eigenvalue weighted by atomic mass is 16.3. The molecule has 5 nitrogen and oxygen atoms in total. The van der Waals surface area contributed by atoms with Gasteiger partial charge in [-0.3, -0.25) is 0 Å². The fraction of sp³-hybridized carbons (Fsp3) is 0.104. The smallest absolute Gasteiger partial charge is 0.135 e. The summed E-state index contributed by atoms with van der Waals surface area (Å²) < 4.78 is 12.8. The zero-order valence-corrected chi connectivity index (χ0v) is 41.8. The summed E-state index contributed by atoms with van der Waals surface area (Å²) in [6, 6.07) is 74.8. The van der Waals surface area contributed by atoms with Crippen LogP contribution < -0.4 is 14.7 Å². The Hall–Kier alpha value is -8.80. The van der Waals surface area contributed by atoms with Gasteiger partial charge in [-0.25, -0.2) is 0 Å². The SMILES string of the molecule is Cc1ccc(N(c2ccc(-c3ccc(N(c4ccc(C)cc4)c4ccc5oc6ccc(N(c7ccc(C)cc7C)c7ccc(C)cc7C)cc6c5c4)cc3)cc2)c2ccc3oc4ccc(C)cc4c3c2)cc1. The van der Waals surface area contributed by atoms with Crippen molar-refractivity contribution in [3.63, 3.8) is 0 Å². The maximum atomic E-state index is 6.57. The van der Waals surface area contributed by atoms with Gasteiger partial charge in [0.25, 0.3) is 0 Å². The molecule has 10 aromatic carbocycles. The van der Waals surface area contributed by atoms with Crippen LogP contribution in [0.15, 0.2) is 215 Å². The second kappa shape index (κ2) is 17.9. The van der Waals surface area contributed by atoms with Crippen molar-refractivity contribution in [3.05, 3.63) is 245 Å². The van der Waals surface area contributed by atoms with Crippen molar-refractivity contribution in [1.29, 1.82) is 0 Å². The Morgan fingerprint density at radius 3 is 0.889 bits per heavy atom. The van der Waals surface area contributed by atoms with Crippen molar-refractivity contribution < 1.29 is 8.83 Å². The Morgan fingerprint density at radius 1 is 0.236 bits per heavy atom. The summed E-state index contributed by atoms with van der Waals surface area (Å²) >= 11 is 0. The van der Waals surface area contributed by atoms with Crippen molar-refractivity contribution in [1.82, 2.24) is 0 Å². The fourth-order valence-corrected chi connectivity index (χ4v) is 10.5. The quantitative estimate of drug-likeness (QED) is 0.137. The highest BCUT2D eigenvalue weighted by Gasteiger charge is 2.21. The van der Waals surface area contributed by atoms with Crippen LogP contribution in [0.4, 0.5) is 51.2 Å². The molecule has 0 unspecified atom stereocenters. The van der Waals surface area contributed by atoms with Crippen LogP contribution in [-0.4, -0.2) is 0 Å². The molecule has 12 rings (SSSR count).